The molecule has 1 fully saturated rings. The topological polar surface area (TPSA) is 70.7 Å². The molecule has 2 aliphatic heterocycles. The van der Waals surface area contributed by atoms with Gasteiger partial charge < -0.3 is 15.0 Å². The van der Waals surface area contributed by atoms with Crippen LogP contribution >= 0.6 is 11.8 Å². The molecule has 2 aromatic rings. The third kappa shape index (κ3) is 4.96. The second kappa shape index (κ2) is 9.53. The second-order valence-electron chi connectivity index (χ2n) is 7.66. The smallest absolute Gasteiger partial charge is 0.228 e. The Morgan fingerprint density at radius 1 is 1.23 bits per heavy atom. The molecule has 2 aromatic carbocycles. The summed E-state index contributed by atoms with van der Waals surface area (Å²) in [7, 11) is 1.65. The maximum atomic E-state index is 13.0. The molecule has 2 atom stereocenters. The van der Waals surface area contributed by atoms with Gasteiger partial charge in [0.15, 0.2) is 0 Å². The predicted molar refractivity (Wildman–Crippen MR) is 119 cm³/mol. The van der Waals surface area contributed by atoms with Crippen molar-refractivity contribution in [3.05, 3.63) is 59.7 Å². The van der Waals surface area contributed by atoms with Gasteiger partial charge in [-0.15, -0.1) is 11.8 Å². The number of benzene rings is 2. The third-order valence-electron chi connectivity index (χ3n) is 5.49. The number of carbonyl (C=O) groups excluding carboxylic acids is 2. The molecule has 7 heteroatoms. The van der Waals surface area contributed by atoms with Gasteiger partial charge in [-0.05, 0) is 42.2 Å². The number of ether oxygens (including phenoxy) is 1. The van der Waals surface area contributed by atoms with Crippen molar-refractivity contribution < 1.29 is 14.3 Å². The van der Waals surface area contributed by atoms with Gasteiger partial charge in [0.05, 0.1) is 7.11 Å². The van der Waals surface area contributed by atoms with Gasteiger partial charge in [0.25, 0.3) is 0 Å². The van der Waals surface area contributed by atoms with Crippen LogP contribution in [0.5, 0.6) is 5.75 Å². The Kier molecular flexibility index (Phi) is 6.59. The molecule has 0 spiro atoms. The molecule has 0 aliphatic carbocycles. The van der Waals surface area contributed by atoms with E-state index < -0.39 is 0 Å². The maximum Gasteiger partial charge on any atom is 0.228 e. The van der Waals surface area contributed by atoms with E-state index in [4.69, 9.17) is 4.74 Å². The molecule has 2 N–H and O–H groups in total. The SMILES string of the molecule is COc1cccc(CSC2NC(=O)CC(CC(=O)N3CCCc4ccccc43)N2)c1. The number of aryl methyl sites for hydroxylation is 1. The first-order valence-corrected chi connectivity index (χ1v) is 11.4. The highest BCUT2D eigenvalue weighted by molar-refractivity contribution is 7.99. The van der Waals surface area contributed by atoms with Crippen molar-refractivity contribution in [2.75, 3.05) is 18.6 Å². The number of rotatable bonds is 6. The summed E-state index contributed by atoms with van der Waals surface area (Å²) in [6.45, 7) is 0.739. The van der Waals surface area contributed by atoms with Gasteiger partial charge in [0.2, 0.25) is 11.8 Å². The average molecular weight is 426 g/mol. The van der Waals surface area contributed by atoms with Crippen molar-refractivity contribution >= 4 is 29.3 Å². The lowest BCUT2D eigenvalue weighted by Gasteiger charge is -2.34. The van der Waals surface area contributed by atoms with E-state index in [9.17, 15) is 9.59 Å². The van der Waals surface area contributed by atoms with Crippen molar-refractivity contribution in [1.29, 1.82) is 0 Å². The summed E-state index contributed by atoms with van der Waals surface area (Å²) in [5, 5.41) is 6.40. The monoisotopic (exact) mass is 425 g/mol. The number of carbonyl (C=O) groups is 2. The first-order chi connectivity index (χ1) is 14.6. The summed E-state index contributed by atoms with van der Waals surface area (Å²) in [6.07, 6.45) is 2.61. The summed E-state index contributed by atoms with van der Waals surface area (Å²) in [4.78, 5) is 27.1. The highest BCUT2D eigenvalue weighted by atomic mass is 32.2. The quantitative estimate of drug-likeness (QED) is 0.744. The Labute approximate surface area is 181 Å². The molecule has 158 valence electrons. The molecule has 2 amide bonds. The van der Waals surface area contributed by atoms with Crippen LogP contribution in [0.3, 0.4) is 0 Å². The van der Waals surface area contributed by atoms with Crippen molar-refractivity contribution in [3.63, 3.8) is 0 Å². The standard InChI is InChI=1S/C23H27N3O3S/c1-29-19-9-4-6-16(12-19)15-30-23-24-18(13-21(27)25-23)14-22(28)26-11-5-8-17-7-2-3-10-20(17)26/h2-4,6-7,9-10,12,18,23-24H,5,8,11,13-15H2,1H3,(H,25,27). The van der Waals surface area contributed by atoms with Crippen LogP contribution < -0.4 is 20.3 Å². The highest BCUT2D eigenvalue weighted by Crippen LogP contribution is 2.28. The van der Waals surface area contributed by atoms with E-state index >= 15 is 0 Å². The summed E-state index contributed by atoms with van der Waals surface area (Å²) in [5.41, 5.74) is 3.14. The summed E-state index contributed by atoms with van der Waals surface area (Å²) in [5.74, 6) is 1.61. The van der Waals surface area contributed by atoms with Gasteiger partial charge in [-0.3, -0.25) is 14.9 Å². The van der Waals surface area contributed by atoms with E-state index in [-0.39, 0.29) is 23.4 Å². The average Bonchev–Trinajstić information content (AvgIpc) is 2.77. The molecule has 0 saturated carbocycles. The molecule has 1 saturated heterocycles. The maximum absolute atomic E-state index is 13.0. The molecule has 2 unspecified atom stereocenters. The van der Waals surface area contributed by atoms with Crippen LogP contribution in [0.1, 0.15) is 30.4 Å². The molecule has 30 heavy (non-hydrogen) atoms. The van der Waals surface area contributed by atoms with Gasteiger partial charge in [-0.1, -0.05) is 30.3 Å². The van der Waals surface area contributed by atoms with E-state index in [1.807, 2.05) is 47.4 Å². The minimum absolute atomic E-state index is 0.0197. The number of thioether (sulfide) groups is 1. The van der Waals surface area contributed by atoms with Gasteiger partial charge in [-0.25, -0.2) is 0 Å². The van der Waals surface area contributed by atoms with Crippen LogP contribution in [-0.4, -0.2) is 37.0 Å². The zero-order valence-electron chi connectivity index (χ0n) is 17.1. The molecule has 4 rings (SSSR count). The van der Waals surface area contributed by atoms with Crippen molar-refractivity contribution in [3.8, 4) is 5.75 Å². The number of nitrogens with one attached hydrogen (secondary N) is 2. The lowest BCUT2D eigenvalue weighted by Crippen LogP contribution is -2.56. The van der Waals surface area contributed by atoms with Crippen molar-refractivity contribution in [1.82, 2.24) is 10.6 Å². The van der Waals surface area contributed by atoms with Crippen LogP contribution in [0, 0.1) is 0 Å². The van der Waals surface area contributed by atoms with Crippen LogP contribution in [0.15, 0.2) is 48.5 Å². The summed E-state index contributed by atoms with van der Waals surface area (Å²) in [6, 6.07) is 15.8. The van der Waals surface area contributed by atoms with Gasteiger partial charge in [-0.2, -0.15) is 0 Å². The van der Waals surface area contributed by atoms with Crippen molar-refractivity contribution in [2.45, 2.75) is 43.0 Å². The Morgan fingerprint density at radius 3 is 2.97 bits per heavy atom. The Hall–Kier alpha value is -2.51. The molecule has 6 nitrogen and oxygen atoms in total. The minimum Gasteiger partial charge on any atom is -0.497 e. The second-order valence-corrected chi connectivity index (χ2v) is 8.75. The number of nitrogens with zero attached hydrogens (tertiary/aromatic N) is 1. The fraction of sp³-hybridized carbons (Fsp3) is 0.391. The van der Waals surface area contributed by atoms with Crippen LogP contribution in [0.25, 0.3) is 0 Å². The van der Waals surface area contributed by atoms with E-state index in [1.165, 1.54) is 5.56 Å². The summed E-state index contributed by atoms with van der Waals surface area (Å²) < 4.78 is 5.27. The molecule has 2 heterocycles. The number of hydrogen-bond donors (Lipinski definition) is 2. The molecule has 0 aromatic heterocycles. The van der Waals surface area contributed by atoms with Gasteiger partial charge in [0.1, 0.15) is 11.2 Å². The largest absolute Gasteiger partial charge is 0.497 e. The molecule has 2 aliphatic rings. The normalized spacial score (nSPS) is 21.0. The minimum atomic E-state index is -0.219. The Balaban J connectivity index is 1.35. The van der Waals surface area contributed by atoms with E-state index in [0.29, 0.717) is 12.8 Å². The fourth-order valence-electron chi connectivity index (χ4n) is 4.02. The van der Waals surface area contributed by atoms with Gasteiger partial charge in [0, 0.05) is 36.9 Å². The number of hydrogen-bond acceptors (Lipinski definition) is 5. The highest BCUT2D eigenvalue weighted by Gasteiger charge is 2.30. The Morgan fingerprint density at radius 2 is 2.10 bits per heavy atom. The molecular weight excluding hydrogens is 398 g/mol. The lowest BCUT2D eigenvalue weighted by molar-refractivity contribution is -0.124. The van der Waals surface area contributed by atoms with Gasteiger partial charge >= 0.3 is 0 Å². The van der Waals surface area contributed by atoms with Crippen molar-refractivity contribution in [2.24, 2.45) is 0 Å². The number of anilines is 1. The number of amides is 2. The molecular formula is C23H27N3O3S. The third-order valence-corrected chi connectivity index (χ3v) is 6.58. The molecule has 0 radical (unpaired) electrons. The fourth-order valence-corrected chi connectivity index (χ4v) is 5.06. The lowest BCUT2D eigenvalue weighted by atomic mass is 10.00. The van der Waals surface area contributed by atoms with E-state index in [0.717, 1.165) is 42.1 Å². The van der Waals surface area contributed by atoms with E-state index in [2.05, 4.69) is 16.7 Å². The predicted octanol–water partition coefficient (Wildman–Crippen LogP) is 3.06. The summed E-state index contributed by atoms with van der Waals surface area (Å²) >= 11 is 1.60. The Bertz CT molecular complexity index is 920. The number of para-hydroxylation sites is 1. The van der Waals surface area contributed by atoms with Crippen LogP contribution in [-0.2, 0) is 21.8 Å². The first kappa shape index (κ1) is 20.8. The zero-order valence-corrected chi connectivity index (χ0v) is 17.9. The molecule has 0 bridgehead atoms. The van der Waals surface area contributed by atoms with Crippen LogP contribution in [0.2, 0.25) is 0 Å². The van der Waals surface area contributed by atoms with Crippen LogP contribution in [0.4, 0.5) is 5.69 Å². The first-order valence-electron chi connectivity index (χ1n) is 10.3. The zero-order chi connectivity index (χ0) is 20.9. The number of fused-ring (bicyclic) bond motifs is 1. The number of methoxy groups -OCH3 is 1. The van der Waals surface area contributed by atoms with E-state index in [1.54, 1.807) is 18.9 Å².